The van der Waals surface area contributed by atoms with Gasteiger partial charge in [-0.3, -0.25) is 0 Å². The Hall–Kier alpha value is 0.525. The predicted octanol–water partition coefficient (Wildman–Crippen LogP) is 1.11. The summed E-state index contributed by atoms with van der Waals surface area (Å²) in [5.74, 6) is 0. The molecule has 0 aliphatic carbocycles. The molecule has 0 rings (SSSR count). The Morgan fingerprint density at radius 2 is 2.25 bits per heavy atom. The molecule has 0 saturated heterocycles. The minimum Gasteiger partial charge on any atom is -0.309 e. The predicted molar refractivity (Wildman–Crippen MR) is 23.3 cm³/mol. The van der Waals surface area contributed by atoms with Gasteiger partial charge in [-0.2, -0.15) is 2.86 Å². The molecule has 0 spiro atoms. The molecule has 4 heavy (non-hydrogen) atoms. The van der Waals surface area contributed by atoms with Gasteiger partial charge in [0.05, 0.1) is 0 Å². The number of halogens is 2. The Morgan fingerprint density at radius 1 is 2.00 bits per heavy atom. The van der Waals surface area contributed by atoms with E-state index in [4.69, 9.17) is 0 Å². The van der Waals surface area contributed by atoms with Gasteiger partial charge in [-0.05, 0) is 0 Å². The molecule has 1 nitrogen and oxygen atoms in total. The molecule has 0 aliphatic heterocycles. The minimum atomic E-state index is -1.49. The molecular formula is BFIN. The lowest BCUT2D eigenvalue weighted by atomic mass is 10.5. The molecule has 22 valence electrons. The van der Waals surface area contributed by atoms with Crippen molar-refractivity contribution in [2.45, 2.75) is 0 Å². The van der Waals surface area contributed by atoms with Crippen molar-refractivity contribution in [3.8, 4) is 0 Å². The average molecular weight is 171 g/mol. The maximum Gasteiger partial charge on any atom is 0.271 e. The molecule has 0 unspecified atom stereocenters. The molecule has 4 heteroatoms. The second-order valence-corrected chi connectivity index (χ2v) is 1.08. The highest BCUT2D eigenvalue weighted by molar-refractivity contribution is 14.1. The molecule has 0 amide bonds. The monoisotopic (exact) mass is 171 g/mol. The van der Waals surface area contributed by atoms with Gasteiger partial charge in [0.1, 0.15) is 0 Å². The number of hydrogen-bond donors (Lipinski definition) is 0. The van der Waals surface area contributed by atoms with Crippen LogP contribution in [0.5, 0.6) is 0 Å². The molecule has 0 N–H and O–H groups in total. The van der Waals surface area contributed by atoms with Crippen LogP contribution in [0.1, 0.15) is 0 Å². The highest BCUT2D eigenvalue weighted by Gasteiger charge is 1.42. The van der Waals surface area contributed by atoms with E-state index in [1.165, 1.54) is 0 Å². The van der Waals surface area contributed by atoms with Crippen LogP contribution in [0, 0.1) is 0 Å². The molecule has 0 aromatic rings. The van der Waals surface area contributed by atoms with Crippen LogP contribution in [0.15, 0.2) is 3.06 Å². The van der Waals surface area contributed by atoms with Gasteiger partial charge in [0.2, 0.25) is 0 Å². The van der Waals surface area contributed by atoms with Gasteiger partial charge in [-0.1, -0.05) is 0 Å². The third-order valence-corrected chi connectivity index (χ3v) is 0.247. The first-order chi connectivity index (χ1) is 1.91. The van der Waals surface area contributed by atoms with E-state index in [9.17, 15) is 2.86 Å². The van der Waals surface area contributed by atoms with E-state index in [0.29, 0.717) is 0 Å². The van der Waals surface area contributed by atoms with E-state index in [1.54, 1.807) is 0 Å². The Labute approximate surface area is 36.0 Å². The van der Waals surface area contributed by atoms with Crippen molar-refractivity contribution < 1.29 is 2.86 Å². The zero-order chi connectivity index (χ0) is 3.41. The van der Waals surface area contributed by atoms with Crippen molar-refractivity contribution in [1.82, 2.24) is 0 Å². The molecule has 0 aromatic carbocycles. The third kappa shape index (κ3) is 2.52. The number of rotatable bonds is 0. The summed E-state index contributed by atoms with van der Waals surface area (Å²) in [6, 6.07) is 0. The Bertz CT molecular complexity index is 23.2. The second kappa shape index (κ2) is 3.52. The van der Waals surface area contributed by atoms with Crippen molar-refractivity contribution in [3.63, 3.8) is 0 Å². The van der Waals surface area contributed by atoms with Crippen LogP contribution in [0.25, 0.3) is 0 Å². The molecule has 0 heterocycles. The Balaban J connectivity index is 2.55. The van der Waals surface area contributed by atoms with E-state index >= 15 is 0 Å². The average Bonchev–Trinajstić information content (AvgIpc) is 1.37. The maximum atomic E-state index is 10.5. The van der Waals surface area contributed by atoms with Gasteiger partial charge in [0, 0.05) is 0 Å². The van der Waals surface area contributed by atoms with Crippen LogP contribution in [-0.2, 0) is 0 Å². The van der Waals surface area contributed by atoms with Gasteiger partial charge in [-0.25, -0.2) is 0 Å². The zero-order valence-corrected chi connectivity index (χ0v) is 3.94. The summed E-state index contributed by atoms with van der Waals surface area (Å²) in [4.78, 5) is 0. The van der Waals surface area contributed by atoms with Crippen LogP contribution < -0.4 is 0 Å². The van der Waals surface area contributed by atoms with E-state index in [1.807, 2.05) is 0 Å². The summed E-state index contributed by atoms with van der Waals surface area (Å²) in [5, 5.41) is 0. The van der Waals surface area contributed by atoms with Gasteiger partial charge in [0.15, 0.2) is 21.6 Å². The fourth-order valence-corrected chi connectivity index (χ4v) is 0. The van der Waals surface area contributed by atoms with Crippen LogP contribution in [-0.4, -0.2) is 7.98 Å². The number of nitrogens with zero attached hydrogens (tertiary/aromatic N) is 1. The molecule has 0 fully saturated rings. The van der Waals surface area contributed by atoms with Crippen molar-refractivity contribution in [1.29, 1.82) is 0 Å². The van der Waals surface area contributed by atoms with Crippen molar-refractivity contribution in [2.24, 2.45) is 3.06 Å². The smallest absolute Gasteiger partial charge is 0.271 e. The summed E-state index contributed by atoms with van der Waals surface area (Å²) < 4.78 is 13.2. The topological polar surface area (TPSA) is 12.4 Å². The molecule has 0 saturated carbocycles. The quantitative estimate of drug-likeness (QED) is 0.382. The zero-order valence-electron chi connectivity index (χ0n) is 1.78. The normalized spacial score (nSPS) is 11.2. The first-order valence-electron chi connectivity index (χ1n) is 0.570. The summed E-state index contributed by atoms with van der Waals surface area (Å²) in [5.41, 5.74) is 0. The Morgan fingerprint density at radius 3 is 2.25 bits per heavy atom. The second-order valence-electron chi connectivity index (χ2n) is 0.161. The minimum absolute atomic E-state index is 1.49. The van der Waals surface area contributed by atoms with E-state index in [0.717, 1.165) is 0 Å². The standard InChI is InChI=1S/BFIN/c1-4-3-2. The van der Waals surface area contributed by atoms with Crippen LogP contribution in [0.2, 0.25) is 0 Å². The highest BCUT2D eigenvalue weighted by atomic mass is 127. The summed E-state index contributed by atoms with van der Waals surface area (Å²) in [6.45, 7) is 0. The van der Waals surface area contributed by atoms with Crippen molar-refractivity contribution >= 4 is 29.6 Å². The molecule has 0 bridgehead atoms. The first-order valence-corrected chi connectivity index (χ1v) is 2.35. The van der Waals surface area contributed by atoms with Crippen LogP contribution in [0.4, 0.5) is 2.86 Å². The maximum absolute atomic E-state index is 10.5. The van der Waals surface area contributed by atoms with E-state index < -0.39 is 21.6 Å². The van der Waals surface area contributed by atoms with Gasteiger partial charge < -0.3 is 3.06 Å². The summed E-state index contributed by atoms with van der Waals surface area (Å²) in [7, 11) is 4.33. The lowest BCUT2D eigenvalue weighted by Crippen LogP contribution is -1.27. The van der Waals surface area contributed by atoms with Crippen LogP contribution in [0.3, 0.4) is 0 Å². The molecule has 0 aliphatic rings. The van der Waals surface area contributed by atoms with Gasteiger partial charge in [-0.15, -0.1) is 0 Å². The summed E-state index contributed by atoms with van der Waals surface area (Å²) >= 11 is -1.49. The fourth-order valence-electron chi connectivity index (χ4n) is 0. The first kappa shape index (κ1) is 4.52. The third-order valence-electron chi connectivity index (χ3n) is 0.0369. The van der Waals surface area contributed by atoms with Crippen LogP contribution >= 0.6 is 21.6 Å². The highest BCUT2D eigenvalue weighted by Crippen LogP contribution is 1.93. The van der Waals surface area contributed by atoms with E-state index in [2.05, 4.69) is 11.0 Å². The van der Waals surface area contributed by atoms with Crippen molar-refractivity contribution in [3.05, 3.63) is 0 Å². The molecule has 0 aromatic heterocycles. The lowest BCUT2D eigenvalue weighted by molar-refractivity contribution is 1.03. The fraction of sp³-hybridized carbons (Fsp3) is 0. The molecule has 2 radical (unpaired) electrons. The van der Waals surface area contributed by atoms with Crippen molar-refractivity contribution in [2.75, 3.05) is 0 Å². The molecule has 0 atom stereocenters. The van der Waals surface area contributed by atoms with E-state index in [-0.39, 0.29) is 0 Å². The largest absolute Gasteiger partial charge is 0.309 e. The summed E-state index contributed by atoms with van der Waals surface area (Å²) in [6.07, 6.45) is 0. The molecular weight excluding hydrogens is 171 g/mol. The van der Waals surface area contributed by atoms with Gasteiger partial charge in [0.25, 0.3) is 7.98 Å². The van der Waals surface area contributed by atoms with Gasteiger partial charge >= 0.3 is 0 Å². The lowest BCUT2D eigenvalue weighted by Gasteiger charge is -1.45. The SMILES string of the molecule is [B]N=IF. The Kier molecular flexibility index (Phi) is 3.99. The number of hydrogen-bond acceptors (Lipinski definition) is 1.